The number of carbonyl (C=O) groups excluding carboxylic acids is 1. The molecule has 5 rings (SSSR count). The van der Waals surface area contributed by atoms with E-state index in [0.29, 0.717) is 25.2 Å². The molecule has 31 heavy (non-hydrogen) atoms. The average molecular weight is 420 g/mol. The predicted octanol–water partition coefficient (Wildman–Crippen LogP) is 3.55. The number of carbonyl (C=O) groups is 1. The maximum Gasteiger partial charge on any atom is 0.334 e. The van der Waals surface area contributed by atoms with Crippen LogP contribution in [0.2, 0.25) is 0 Å². The molecule has 2 aromatic heterocycles. The van der Waals surface area contributed by atoms with Crippen molar-refractivity contribution in [1.29, 1.82) is 0 Å². The number of rotatable bonds is 3. The highest BCUT2D eigenvalue weighted by molar-refractivity contribution is 6.07. The summed E-state index contributed by atoms with van der Waals surface area (Å²) in [5.41, 5.74) is 1.59. The summed E-state index contributed by atoms with van der Waals surface area (Å²) in [4.78, 5) is 38.5. The maximum absolute atomic E-state index is 13.6. The molecule has 1 amide bonds. The molecule has 0 spiro atoms. The van der Waals surface area contributed by atoms with Crippen molar-refractivity contribution in [2.75, 3.05) is 13.1 Å². The number of piperidine rings is 1. The molecule has 8 nitrogen and oxygen atoms in total. The van der Waals surface area contributed by atoms with Gasteiger partial charge in [-0.2, -0.15) is 0 Å². The summed E-state index contributed by atoms with van der Waals surface area (Å²) in [5.74, 6) is 0.111. The number of nitrogens with zero attached hydrogens (tertiary/aromatic N) is 4. The summed E-state index contributed by atoms with van der Waals surface area (Å²) in [7, 11) is 0. The van der Waals surface area contributed by atoms with Crippen LogP contribution in [0.4, 0.5) is 5.69 Å². The van der Waals surface area contributed by atoms with Crippen LogP contribution in [0.15, 0.2) is 47.4 Å². The number of pyridine rings is 1. The topological polar surface area (TPSA) is 90.4 Å². The Balaban J connectivity index is 1.50. The molecule has 1 saturated heterocycles. The fourth-order valence-electron chi connectivity index (χ4n) is 5.21. The van der Waals surface area contributed by atoms with E-state index in [0.717, 1.165) is 23.0 Å². The molecule has 2 aliphatic rings. The highest BCUT2D eigenvalue weighted by Crippen LogP contribution is 2.37. The molecule has 0 radical (unpaired) electrons. The molecule has 160 valence electrons. The van der Waals surface area contributed by atoms with Crippen LogP contribution in [0.3, 0.4) is 0 Å². The SMILES string of the molecule is CC(C)n1cc(C(=O)N2C[C@@H]3C[C@@H](C2)c2ccc([N+](=O)[O-])c(=O)n2C3)c2ccccc21. The zero-order valence-electron chi connectivity index (χ0n) is 17.5. The van der Waals surface area contributed by atoms with E-state index in [9.17, 15) is 19.7 Å². The van der Waals surface area contributed by atoms with Gasteiger partial charge in [0.25, 0.3) is 5.91 Å². The normalized spacial score (nSPS) is 20.2. The Morgan fingerprint density at radius 3 is 2.65 bits per heavy atom. The van der Waals surface area contributed by atoms with Crippen LogP contribution < -0.4 is 5.56 Å². The summed E-state index contributed by atoms with van der Waals surface area (Å²) in [6.45, 7) is 5.66. The lowest BCUT2D eigenvalue weighted by molar-refractivity contribution is -0.386. The second kappa shape index (κ2) is 7.08. The largest absolute Gasteiger partial charge is 0.344 e. The number of nitro groups is 1. The number of hydrogen-bond acceptors (Lipinski definition) is 4. The van der Waals surface area contributed by atoms with E-state index in [-0.39, 0.29) is 23.8 Å². The van der Waals surface area contributed by atoms with Crippen LogP contribution in [0.5, 0.6) is 0 Å². The van der Waals surface area contributed by atoms with Gasteiger partial charge in [-0.05, 0) is 38.3 Å². The Bertz CT molecular complexity index is 1270. The van der Waals surface area contributed by atoms with Crippen molar-refractivity contribution >= 4 is 22.5 Å². The number of benzene rings is 1. The smallest absolute Gasteiger partial charge is 0.334 e. The molecule has 2 bridgehead atoms. The molecule has 0 aliphatic carbocycles. The molecule has 0 N–H and O–H groups in total. The Kier molecular flexibility index (Phi) is 4.46. The Hall–Kier alpha value is -3.42. The van der Waals surface area contributed by atoms with Gasteiger partial charge in [-0.3, -0.25) is 19.7 Å². The monoisotopic (exact) mass is 420 g/mol. The van der Waals surface area contributed by atoms with Gasteiger partial charge in [0.05, 0.1) is 10.5 Å². The lowest BCUT2D eigenvalue weighted by Crippen LogP contribution is -2.49. The summed E-state index contributed by atoms with van der Waals surface area (Å²) >= 11 is 0. The minimum Gasteiger partial charge on any atom is -0.344 e. The van der Waals surface area contributed by atoms with Crippen molar-refractivity contribution in [2.24, 2.45) is 5.92 Å². The summed E-state index contributed by atoms with van der Waals surface area (Å²) in [5, 5.41) is 12.1. The van der Waals surface area contributed by atoms with Crippen LogP contribution in [-0.2, 0) is 6.54 Å². The van der Waals surface area contributed by atoms with Crippen molar-refractivity contribution in [3.63, 3.8) is 0 Å². The van der Waals surface area contributed by atoms with Gasteiger partial charge in [-0.25, -0.2) is 0 Å². The van der Waals surface area contributed by atoms with Crippen molar-refractivity contribution in [3.05, 3.63) is 74.3 Å². The first-order valence-corrected chi connectivity index (χ1v) is 10.6. The second-order valence-electron chi connectivity index (χ2n) is 8.89. The third-order valence-electron chi connectivity index (χ3n) is 6.60. The van der Waals surface area contributed by atoms with Gasteiger partial charge in [0.1, 0.15) is 0 Å². The van der Waals surface area contributed by atoms with Crippen LogP contribution in [0.1, 0.15) is 48.3 Å². The van der Waals surface area contributed by atoms with Gasteiger partial charge in [0, 0.05) is 60.5 Å². The molecule has 1 fully saturated rings. The molecule has 0 saturated carbocycles. The summed E-state index contributed by atoms with van der Waals surface area (Å²) in [6, 6.07) is 11.2. The van der Waals surface area contributed by atoms with Gasteiger partial charge >= 0.3 is 11.2 Å². The maximum atomic E-state index is 13.6. The molecule has 2 aliphatic heterocycles. The van der Waals surface area contributed by atoms with E-state index < -0.39 is 16.2 Å². The number of para-hydroxylation sites is 1. The number of likely N-dealkylation sites (tertiary alicyclic amines) is 1. The molecule has 1 aromatic carbocycles. The zero-order valence-corrected chi connectivity index (χ0v) is 17.5. The first-order chi connectivity index (χ1) is 14.8. The molecular weight excluding hydrogens is 396 g/mol. The summed E-state index contributed by atoms with van der Waals surface area (Å²) in [6.07, 6.45) is 2.83. The molecular formula is C23H24N4O4. The molecule has 8 heteroatoms. The first-order valence-electron chi connectivity index (χ1n) is 10.6. The number of fused-ring (bicyclic) bond motifs is 5. The molecule has 2 atom stereocenters. The Morgan fingerprint density at radius 1 is 1.13 bits per heavy atom. The summed E-state index contributed by atoms with van der Waals surface area (Å²) < 4.78 is 3.67. The van der Waals surface area contributed by atoms with Crippen LogP contribution >= 0.6 is 0 Å². The highest BCUT2D eigenvalue weighted by atomic mass is 16.6. The van der Waals surface area contributed by atoms with Gasteiger partial charge in [-0.1, -0.05) is 18.2 Å². The molecule has 0 unspecified atom stereocenters. The first kappa shape index (κ1) is 19.5. The average Bonchev–Trinajstić information content (AvgIpc) is 3.13. The minimum absolute atomic E-state index is 0.00279. The second-order valence-corrected chi connectivity index (χ2v) is 8.89. The van der Waals surface area contributed by atoms with E-state index >= 15 is 0 Å². The Labute approximate surface area is 178 Å². The minimum atomic E-state index is -0.625. The van der Waals surface area contributed by atoms with E-state index in [2.05, 4.69) is 18.4 Å². The number of hydrogen-bond donors (Lipinski definition) is 0. The van der Waals surface area contributed by atoms with Crippen molar-refractivity contribution in [2.45, 2.75) is 38.8 Å². The third kappa shape index (κ3) is 3.05. The van der Waals surface area contributed by atoms with Crippen LogP contribution in [-0.4, -0.2) is 38.0 Å². The molecule has 4 heterocycles. The highest BCUT2D eigenvalue weighted by Gasteiger charge is 2.38. The molecule has 3 aromatic rings. The van der Waals surface area contributed by atoms with Gasteiger partial charge in [0.15, 0.2) is 0 Å². The fourth-order valence-corrected chi connectivity index (χ4v) is 5.21. The number of amides is 1. The van der Waals surface area contributed by atoms with E-state index in [4.69, 9.17) is 0 Å². The third-order valence-corrected chi connectivity index (χ3v) is 6.60. The van der Waals surface area contributed by atoms with Crippen LogP contribution in [0, 0.1) is 16.0 Å². The van der Waals surface area contributed by atoms with E-state index in [1.54, 1.807) is 10.6 Å². The Morgan fingerprint density at radius 2 is 1.90 bits per heavy atom. The van der Waals surface area contributed by atoms with Crippen molar-refractivity contribution in [3.8, 4) is 0 Å². The lowest BCUT2D eigenvalue weighted by Gasteiger charge is -2.42. The zero-order chi connectivity index (χ0) is 21.9. The van der Waals surface area contributed by atoms with Gasteiger partial charge < -0.3 is 14.0 Å². The van der Waals surface area contributed by atoms with E-state index in [1.807, 2.05) is 35.4 Å². The van der Waals surface area contributed by atoms with Gasteiger partial charge in [-0.15, -0.1) is 0 Å². The lowest BCUT2D eigenvalue weighted by atomic mass is 9.83. The van der Waals surface area contributed by atoms with Crippen molar-refractivity contribution < 1.29 is 9.72 Å². The van der Waals surface area contributed by atoms with Crippen molar-refractivity contribution in [1.82, 2.24) is 14.0 Å². The standard InChI is InChI=1S/C23H24N4O4/c1-14(2)25-13-18(17-5-3-4-6-20(17)25)22(28)24-10-15-9-16(12-24)19-7-8-21(27(30)31)23(29)26(19)11-15/h3-8,13-16H,9-12H2,1-2H3/t15-,16-/m0/s1. The van der Waals surface area contributed by atoms with Crippen LogP contribution in [0.25, 0.3) is 10.9 Å². The fraction of sp³-hybridized carbons (Fsp3) is 0.391. The van der Waals surface area contributed by atoms with Gasteiger partial charge in [0.2, 0.25) is 0 Å². The quantitative estimate of drug-likeness (QED) is 0.479. The number of aromatic nitrogens is 2. The van der Waals surface area contributed by atoms with E-state index in [1.165, 1.54) is 6.07 Å². The predicted molar refractivity (Wildman–Crippen MR) is 116 cm³/mol.